The number of amides is 1. The molecule has 5 aromatic rings. The average Bonchev–Trinajstić information content (AvgIpc) is 3.74. The van der Waals surface area contributed by atoms with Crippen molar-refractivity contribution >= 4 is 22.7 Å². The van der Waals surface area contributed by atoms with Crippen LogP contribution in [0, 0.1) is 12.7 Å². The maximum atomic E-state index is 14.4. The number of aromatic nitrogens is 2. The van der Waals surface area contributed by atoms with E-state index in [0.717, 1.165) is 53.9 Å². The average molecular weight is 697 g/mol. The lowest BCUT2D eigenvalue weighted by atomic mass is 9.92. The normalized spacial score (nSPS) is 15.5. The number of fused-ring (bicyclic) bond motifs is 1. The zero-order valence-electron chi connectivity index (χ0n) is 29.9. The number of ketones is 1. The Balaban J connectivity index is 1.24. The molecule has 3 heterocycles. The van der Waals surface area contributed by atoms with Crippen molar-refractivity contribution in [1.82, 2.24) is 19.4 Å². The van der Waals surface area contributed by atoms with E-state index in [0.29, 0.717) is 54.7 Å². The minimum atomic E-state index is -0.347. The van der Waals surface area contributed by atoms with Crippen molar-refractivity contribution in [1.29, 1.82) is 0 Å². The van der Waals surface area contributed by atoms with Gasteiger partial charge in [0, 0.05) is 25.1 Å². The number of halogens is 1. The molecule has 0 aliphatic carbocycles. The van der Waals surface area contributed by atoms with Gasteiger partial charge in [-0.3, -0.25) is 14.5 Å². The van der Waals surface area contributed by atoms with E-state index in [9.17, 15) is 14.0 Å². The lowest BCUT2D eigenvalue weighted by Crippen LogP contribution is -2.46. The van der Waals surface area contributed by atoms with E-state index in [2.05, 4.69) is 4.90 Å². The largest absolute Gasteiger partial charge is 0.493 e. The van der Waals surface area contributed by atoms with Crippen LogP contribution >= 0.6 is 0 Å². The number of benzene rings is 3. The summed E-state index contributed by atoms with van der Waals surface area (Å²) in [6.45, 7) is 4.06. The van der Waals surface area contributed by atoms with Crippen molar-refractivity contribution < 1.29 is 32.6 Å². The van der Waals surface area contributed by atoms with Gasteiger partial charge in [-0.25, -0.2) is 9.37 Å². The molecule has 2 unspecified atom stereocenters. The minimum absolute atomic E-state index is 0.0118. The lowest BCUT2D eigenvalue weighted by molar-refractivity contribution is 0.0715. The zero-order chi connectivity index (χ0) is 36.1. The summed E-state index contributed by atoms with van der Waals surface area (Å²) in [5.74, 6) is 2.48. The third-order valence-electron chi connectivity index (χ3n) is 9.76. The Labute approximate surface area is 297 Å². The number of nitrogens with zero attached hydrogens (tertiary/aromatic N) is 4. The Bertz CT molecular complexity index is 1960. The first-order valence-electron chi connectivity index (χ1n) is 17.3. The number of hydrogen-bond acceptors (Lipinski definition) is 8. The van der Waals surface area contributed by atoms with Gasteiger partial charge in [0.05, 0.1) is 44.9 Å². The van der Waals surface area contributed by atoms with Crippen LogP contribution < -0.4 is 14.2 Å². The molecule has 2 aromatic heterocycles. The number of rotatable bonds is 14. The van der Waals surface area contributed by atoms with Gasteiger partial charge in [-0.05, 0) is 93.4 Å². The fourth-order valence-corrected chi connectivity index (χ4v) is 7.11. The van der Waals surface area contributed by atoms with Crippen LogP contribution in [-0.4, -0.2) is 85.1 Å². The Hall–Kier alpha value is -5.16. The number of likely N-dealkylation sites (tertiary alicyclic amines) is 1. The van der Waals surface area contributed by atoms with Gasteiger partial charge in [-0.2, -0.15) is 0 Å². The van der Waals surface area contributed by atoms with E-state index < -0.39 is 0 Å². The highest BCUT2D eigenvalue weighted by Gasteiger charge is 2.33. The number of hydrogen-bond donors (Lipinski definition) is 0. The Morgan fingerprint density at radius 3 is 2.37 bits per heavy atom. The first-order chi connectivity index (χ1) is 24.7. The second kappa shape index (κ2) is 15.8. The molecule has 1 aliphatic heterocycles. The van der Waals surface area contributed by atoms with E-state index in [1.807, 2.05) is 47.9 Å². The van der Waals surface area contributed by atoms with Gasteiger partial charge < -0.3 is 28.1 Å². The van der Waals surface area contributed by atoms with Gasteiger partial charge in [0.15, 0.2) is 17.3 Å². The van der Waals surface area contributed by atoms with Crippen LogP contribution in [0.2, 0.25) is 0 Å². The number of Topliss-reactive ketones (excluding diaryl/α,β-unsaturated/α-hetero) is 1. The smallest absolute Gasteiger partial charge is 0.253 e. The number of aryl methyl sites for hydroxylation is 1. The molecule has 11 heteroatoms. The Kier molecular flexibility index (Phi) is 11.1. The minimum Gasteiger partial charge on any atom is -0.493 e. The summed E-state index contributed by atoms with van der Waals surface area (Å²) in [6, 6.07) is 21.0. The standard InChI is InChI=1S/C40H45FN4O6/c1-26-13-18-31(51-26)25-45-33-11-7-6-10-32(33)42-39(45)37(46)34-12-8-9-20-44(34)21-19-28(27-14-16-30(41)17-15-27)24-43(2)40(47)29-22-35(48-3)38(50-5)36(23-29)49-4/h6-7,10-11,13-18,22-23,28,34H,8-9,12,19-21,24-25H2,1-5H3. The number of furan rings is 1. The lowest BCUT2D eigenvalue weighted by Gasteiger charge is -2.36. The Morgan fingerprint density at radius 2 is 1.71 bits per heavy atom. The molecule has 1 saturated heterocycles. The molecule has 10 nitrogen and oxygen atoms in total. The summed E-state index contributed by atoms with van der Waals surface area (Å²) < 4.78 is 38.3. The van der Waals surface area contributed by atoms with Gasteiger partial charge in [0.25, 0.3) is 5.91 Å². The number of carbonyl (C=O) groups is 2. The van der Waals surface area contributed by atoms with Crippen molar-refractivity contribution in [2.75, 3.05) is 48.0 Å². The molecule has 1 aliphatic rings. The van der Waals surface area contributed by atoms with Crippen molar-refractivity contribution in [3.63, 3.8) is 0 Å². The zero-order valence-corrected chi connectivity index (χ0v) is 29.9. The number of likely N-dealkylation sites (N-methyl/N-ethyl adjacent to an activating group) is 1. The summed E-state index contributed by atoms with van der Waals surface area (Å²) >= 11 is 0. The number of imidazole rings is 1. The quantitative estimate of drug-likeness (QED) is 0.113. The van der Waals surface area contributed by atoms with Gasteiger partial charge in [-0.1, -0.05) is 30.7 Å². The maximum absolute atomic E-state index is 14.4. The third-order valence-corrected chi connectivity index (χ3v) is 9.76. The van der Waals surface area contributed by atoms with E-state index in [-0.39, 0.29) is 29.5 Å². The van der Waals surface area contributed by atoms with E-state index in [1.165, 1.54) is 33.5 Å². The highest BCUT2D eigenvalue weighted by Crippen LogP contribution is 2.38. The molecule has 0 N–H and O–H groups in total. The van der Waals surface area contributed by atoms with Crippen LogP contribution in [0.25, 0.3) is 11.0 Å². The Morgan fingerprint density at radius 1 is 0.980 bits per heavy atom. The highest BCUT2D eigenvalue weighted by atomic mass is 19.1. The third kappa shape index (κ3) is 7.78. The predicted octanol–water partition coefficient (Wildman–Crippen LogP) is 7.13. The van der Waals surface area contributed by atoms with Crippen molar-refractivity contribution in [3.05, 3.63) is 107 Å². The molecule has 3 aromatic carbocycles. The monoisotopic (exact) mass is 696 g/mol. The molecule has 268 valence electrons. The van der Waals surface area contributed by atoms with Gasteiger partial charge in [0.1, 0.15) is 17.3 Å². The number of ether oxygens (including phenoxy) is 3. The number of methoxy groups -OCH3 is 3. The fourth-order valence-electron chi connectivity index (χ4n) is 7.11. The summed E-state index contributed by atoms with van der Waals surface area (Å²) in [5, 5.41) is 0. The first-order valence-corrected chi connectivity index (χ1v) is 17.3. The molecule has 2 atom stereocenters. The highest BCUT2D eigenvalue weighted by molar-refractivity contribution is 6.00. The second-order valence-electron chi connectivity index (χ2n) is 13.1. The summed E-state index contributed by atoms with van der Waals surface area (Å²) in [4.78, 5) is 37.0. The summed E-state index contributed by atoms with van der Waals surface area (Å²) in [6.07, 6.45) is 3.29. The molecule has 51 heavy (non-hydrogen) atoms. The molecular formula is C40H45FN4O6. The van der Waals surface area contributed by atoms with Crippen LogP contribution in [0.1, 0.15) is 69.7 Å². The molecule has 0 saturated carbocycles. The molecule has 0 spiro atoms. The van der Waals surface area contributed by atoms with E-state index >= 15 is 0 Å². The van der Waals surface area contributed by atoms with Crippen molar-refractivity contribution in [2.45, 2.75) is 51.1 Å². The molecule has 1 amide bonds. The van der Waals surface area contributed by atoms with Crippen LogP contribution in [-0.2, 0) is 6.54 Å². The van der Waals surface area contributed by atoms with Crippen molar-refractivity contribution in [3.8, 4) is 17.2 Å². The van der Waals surface area contributed by atoms with E-state index in [1.54, 1.807) is 36.2 Å². The second-order valence-corrected chi connectivity index (χ2v) is 13.1. The van der Waals surface area contributed by atoms with Crippen LogP contribution in [0.5, 0.6) is 17.2 Å². The SMILES string of the molecule is COc1cc(C(=O)N(C)CC(CCN2CCCCC2C(=O)c2nc3ccccc3n2Cc2ccc(C)o2)c2ccc(F)cc2)cc(OC)c1OC. The van der Waals surface area contributed by atoms with Crippen LogP contribution in [0.3, 0.4) is 0 Å². The first kappa shape index (κ1) is 35.7. The maximum Gasteiger partial charge on any atom is 0.253 e. The van der Waals surface area contributed by atoms with Crippen LogP contribution in [0.15, 0.2) is 77.2 Å². The van der Waals surface area contributed by atoms with Gasteiger partial charge in [0.2, 0.25) is 11.5 Å². The molecule has 6 rings (SSSR count). The summed E-state index contributed by atoms with van der Waals surface area (Å²) in [7, 11) is 6.28. The number of piperidine rings is 1. The van der Waals surface area contributed by atoms with Crippen molar-refractivity contribution in [2.24, 2.45) is 0 Å². The number of carbonyl (C=O) groups excluding carboxylic acids is 2. The molecule has 1 fully saturated rings. The van der Waals surface area contributed by atoms with Crippen LogP contribution in [0.4, 0.5) is 4.39 Å². The summed E-state index contributed by atoms with van der Waals surface area (Å²) in [5.41, 5.74) is 2.95. The molecular weight excluding hydrogens is 651 g/mol. The van der Waals surface area contributed by atoms with Gasteiger partial charge >= 0.3 is 0 Å². The fraction of sp³-hybridized carbons (Fsp3) is 0.375. The number of para-hydroxylation sites is 2. The van der Waals surface area contributed by atoms with E-state index in [4.69, 9.17) is 23.6 Å². The topological polar surface area (TPSA) is 99.3 Å². The predicted molar refractivity (Wildman–Crippen MR) is 193 cm³/mol. The molecule has 0 radical (unpaired) electrons. The molecule has 0 bridgehead atoms. The van der Waals surface area contributed by atoms with Gasteiger partial charge in [-0.15, -0.1) is 0 Å².